The van der Waals surface area contributed by atoms with Crippen molar-refractivity contribution in [2.75, 3.05) is 26.4 Å². The first-order valence-corrected chi connectivity index (χ1v) is 6.20. The summed E-state index contributed by atoms with van der Waals surface area (Å²) < 4.78 is 4.95. The molecule has 0 aromatic heterocycles. The number of ether oxygens (including phenoxy) is 1. The van der Waals surface area contributed by atoms with Gasteiger partial charge in [0.2, 0.25) is 0 Å². The average molecular weight is 252 g/mol. The van der Waals surface area contributed by atoms with E-state index in [1.54, 1.807) is 13.8 Å². The molecule has 0 saturated carbocycles. The van der Waals surface area contributed by atoms with Crippen LogP contribution in [-0.2, 0) is 4.74 Å². The van der Waals surface area contributed by atoms with E-state index in [0.717, 1.165) is 25.7 Å². The van der Waals surface area contributed by atoms with Gasteiger partial charge in [-0.3, -0.25) is 0 Å². The second-order valence-electron chi connectivity index (χ2n) is 4.04. The molecular weight excluding hydrogens is 224 g/mol. The molecule has 0 aliphatic carbocycles. The van der Waals surface area contributed by atoms with E-state index in [0.29, 0.717) is 6.61 Å². The van der Waals surface area contributed by atoms with Crippen molar-refractivity contribution in [3.63, 3.8) is 0 Å². The summed E-state index contributed by atoms with van der Waals surface area (Å²) in [4.78, 5) is 0. The average Bonchev–Trinajstić information content (AvgIpc) is 2.32. The summed E-state index contributed by atoms with van der Waals surface area (Å²) in [7, 11) is 0. The molecule has 0 spiro atoms. The SMILES string of the molecule is CC(O)COC(C)CO.OCCCCCCO. The smallest absolute Gasteiger partial charge is 0.0779 e. The number of hydrogen-bond donors (Lipinski definition) is 4. The van der Waals surface area contributed by atoms with Gasteiger partial charge in [0.15, 0.2) is 0 Å². The molecule has 106 valence electrons. The van der Waals surface area contributed by atoms with E-state index < -0.39 is 6.10 Å². The molecule has 0 aliphatic rings. The van der Waals surface area contributed by atoms with Crippen LogP contribution in [0.4, 0.5) is 0 Å². The number of aliphatic hydroxyl groups excluding tert-OH is 4. The number of rotatable bonds is 9. The molecule has 0 fully saturated rings. The molecule has 0 aromatic carbocycles. The van der Waals surface area contributed by atoms with Crippen LogP contribution in [0.2, 0.25) is 0 Å². The Morgan fingerprint density at radius 3 is 1.65 bits per heavy atom. The summed E-state index contributed by atoms with van der Waals surface area (Å²) in [6, 6.07) is 0. The molecule has 2 atom stereocenters. The largest absolute Gasteiger partial charge is 0.396 e. The van der Waals surface area contributed by atoms with Crippen LogP contribution in [0.15, 0.2) is 0 Å². The molecule has 5 nitrogen and oxygen atoms in total. The third-order valence-electron chi connectivity index (χ3n) is 1.95. The van der Waals surface area contributed by atoms with Gasteiger partial charge in [0.05, 0.1) is 25.4 Å². The number of hydrogen-bond acceptors (Lipinski definition) is 5. The van der Waals surface area contributed by atoms with Gasteiger partial charge in [0, 0.05) is 13.2 Å². The van der Waals surface area contributed by atoms with E-state index in [9.17, 15) is 0 Å². The normalized spacial score (nSPS) is 13.8. The molecule has 0 aromatic rings. The van der Waals surface area contributed by atoms with Gasteiger partial charge in [-0.2, -0.15) is 0 Å². The monoisotopic (exact) mass is 252 g/mol. The molecule has 0 radical (unpaired) electrons. The first kappa shape index (κ1) is 19.1. The Kier molecular flexibility index (Phi) is 17.8. The molecule has 0 saturated heterocycles. The van der Waals surface area contributed by atoms with Crippen LogP contribution in [-0.4, -0.2) is 59.1 Å². The predicted octanol–water partition coefficient (Wildman–Crippen LogP) is 0.296. The van der Waals surface area contributed by atoms with Crippen molar-refractivity contribution in [2.45, 2.75) is 51.7 Å². The predicted molar refractivity (Wildman–Crippen MR) is 66.8 cm³/mol. The quantitative estimate of drug-likeness (QED) is 0.443. The third-order valence-corrected chi connectivity index (χ3v) is 1.95. The fraction of sp³-hybridized carbons (Fsp3) is 1.00. The lowest BCUT2D eigenvalue weighted by Crippen LogP contribution is -2.19. The fourth-order valence-corrected chi connectivity index (χ4v) is 0.933. The Balaban J connectivity index is 0. The van der Waals surface area contributed by atoms with Gasteiger partial charge < -0.3 is 25.2 Å². The molecule has 0 aliphatic heterocycles. The van der Waals surface area contributed by atoms with Gasteiger partial charge in [-0.25, -0.2) is 0 Å². The highest BCUT2D eigenvalue weighted by atomic mass is 16.5. The topological polar surface area (TPSA) is 90.2 Å². The van der Waals surface area contributed by atoms with Crippen molar-refractivity contribution in [2.24, 2.45) is 0 Å². The molecule has 0 heterocycles. The summed E-state index contributed by atoms with van der Waals surface area (Å²) in [6.07, 6.45) is 3.22. The first-order valence-electron chi connectivity index (χ1n) is 6.20. The molecule has 17 heavy (non-hydrogen) atoms. The second kappa shape index (κ2) is 15.8. The van der Waals surface area contributed by atoms with Crippen LogP contribution in [0.1, 0.15) is 39.5 Å². The Hall–Kier alpha value is -0.200. The highest BCUT2D eigenvalue weighted by Crippen LogP contribution is 1.96. The maximum atomic E-state index is 8.69. The molecule has 4 N–H and O–H groups in total. The van der Waals surface area contributed by atoms with Crippen LogP contribution in [0.3, 0.4) is 0 Å². The lowest BCUT2D eigenvalue weighted by molar-refractivity contribution is -0.0177. The van der Waals surface area contributed by atoms with E-state index >= 15 is 0 Å². The lowest BCUT2D eigenvalue weighted by Gasteiger charge is -2.10. The molecule has 0 amide bonds. The lowest BCUT2D eigenvalue weighted by atomic mass is 10.2. The van der Waals surface area contributed by atoms with E-state index in [1.165, 1.54) is 0 Å². The Morgan fingerprint density at radius 2 is 1.35 bits per heavy atom. The van der Waals surface area contributed by atoms with E-state index in [4.69, 9.17) is 25.2 Å². The van der Waals surface area contributed by atoms with Gasteiger partial charge in [-0.05, 0) is 26.7 Å². The maximum absolute atomic E-state index is 8.69. The standard InChI is InChI=1S/C6H14O3.C6H14O2/c1-5(8)4-9-6(2)3-7;7-5-3-1-2-4-6-8/h5-8H,3-4H2,1-2H3;7-8H,1-6H2. The minimum Gasteiger partial charge on any atom is -0.396 e. The minimum absolute atomic E-state index is 0.00667. The van der Waals surface area contributed by atoms with Crippen LogP contribution in [0, 0.1) is 0 Å². The summed E-state index contributed by atoms with van der Waals surface area (Å²) >= 11 is 0. The van der Waals surface area contributed by atoms with Crippen LogP contribution < -0.4 is 0 Å². The zero-order chi connectivity index (χ0) is 13.5. The van der Waals surface area contributed by atoms with Crippen molar-refractivity contribution in [3.05, 3.63) is 0 Å². The summed E-state index contributed by atoms with van der Waals surface area (Å²) in [6.45, 7) is 4.26. The molecule has 5 heteroatoms. The van der Waals surface area contributed by atoms with E-state index in [1.807, 2.05) is 0 Å². The van der Waals surface area contributed by atoms with Crippen molar-refractivity contribution in [3.8, 4) is 0 Å². The minimum atomic E-state index is -0.445. The summed E-state index contributed by atoms with van der Waals surface area (Å²) in [5.74, 6) is 0. The van der Waals surface area contributed by atoms with Crippen molar-refractivity contribution >= 4 is 0 Å². The second-order valence-corrected chi connectivity index (χ2v) is 4.04. The molecule has 0 bridgehead atoms. The van der Waals surface area contributed by atoms with Crippen molar-refractivity contribution < 1.29 is 25.2 Å². The molecule has 2 unspecified atom stereocenters. The van der Waals surface area contributed by atoms with Crippen LogP contribution in [0.25, 0.3) is 0 Å². The molecule has 0 rings (SSSR count). The van der Waals surface area contributed by atoms with Gasteiger partial charge in [-0.1, -0.05) is 12.8 Å². The van der Waals surface area contributed by atoms with E-state index in [2.05, 4.69) is 0 Å². The van der Waals surface area contributed by atoms with Crippen molar-refractivity contribution in [1.29, 1.82) is 0 Å². The van der Waals surface area contributed by atoms with Crippen LogP contribution in [0.5, 0.6) is 0 Å². The summed E-state index contributed by atoms with van der Waals surface area (Å²) in [5.41, 5.74) is 0. The van der Waals surface area contributed by atoms with Gasteiger partial charge in [-0.15, -0.1) is 0 Å². The first-order chi connectivity index (χ1) is 8.08. The van der Waals surface area contributed by atoms with Gasteiger partial charge >= 0.3 is 0 Å². The Labute approximate surface area is 104 Å². The number of unbranched alkanes of at least 4 members (excludes halogenated alkanes) is 3. The van der Waals surface area contributed by atoms with Crippen molar-refractivity contribution in [1.82, 2.24) is 0 Å². The third kappa shape index (κ3) is 21.6. The zero-order valence-electron chi connectivity index (χ0n) is 11.0. The highest BCUT2D eigenvalue weighted by Gasteiger charge is 2.00. The maximum Gasteiger partial charge on any atom is 0.0779 e. The van der Waals surface area contributed by atoms with E-state index in [-0.39, 0.29) is 25.9 Å². The van der Waals surface area contributed by atoms with Gasteiger partial charge in [0.25, 0.3) is 0 Å². The van der Waals surface area contributed by atoms with Crippen LogP contribution >= 0.6 is 0 Å². The zero-order valence-corrected chi connectivity index (χ0v) is 11.0. The Morgan fingerprint density at radius 1 is 0.882 bits per heavy atom. The summed E-state index contributed by atoms with van der Waals surface area (Å²) in [5, 5.41) is 33.7. The Bertz CT molecular complexity index is 124. The molecular formula is C12H28O5. The number of aliphatic hydroxyl groups is 4. The fourth-order valence-electron chi connectivity index (χ4n) is 0.933. The van der Waals surface area contributed by atoms with Gasteiger partial charge in [0.1, 0.15) is 0 Å². The highest BCUT2D eigenvalue weighted by molar-refractivity contribution is 4.47.